The summed E-state index contributed by atoms with van der Waals surface area (Å²) in [7, 11) is 0. The second kappa shape index (κ2) is 8.65. The number of hydrogen-bond acceptors (Lipinski definition) is 2. The molecule has 0 aliphatic carbocycles. The van der Waals surface area contributed by atoms with Gasteiger partial charge in [0.2, 0.25) is 5.91 Å². The minimum atomic E-state index is -0.0236. The van der Waals surface area contributed by atoms with Crippen molar-refractivity contribution in [2.75, 3.05) is 18.4 Å². The third-order valence-corrected chi connectivity index (χ3v) is 5.01. The number of amides is 2. The number of rotatable bonds is 5. The Balaban J connectivity index is 1.52. The molecule has 0 unspecified atom stereocenters. The van der Waals surface area contributed by atoms with Crippen LogP contribution in [0.2, 0.25) is 0 Å². The van der Waals surface area contributed by atoms with Gasteiger partial charge < -0.3 is 10.2 Å². The molecule has 1 fully saturated rings. The van der Waals surface area contributed by atoms with Gasteiger partial charge in [-0.2, -0.15) is 0 Å². The first-order chi connectivity index (χ1) is 12.7. The Hall–Kier alpha value is -2.62. The fourth-order valence-corrected chi connectivity index (χ4v) is 3.42. The highest BCUT2D eigenvalue weighted by atomic mass is 16.2. The lowest BCUT2D eigenvalue weighted by atomic mass is 9.90. The maximum atomic E-state index is 12.7. The average Bonchev–Trinajstić information content (AvgIpc) is 2.69. The van der Waals surface area contributed by atoms with Crippen molar-refractivity contribution in [2.45, 2.75) is 32.6 Å². The minimum Gasteiger partial charge on any atom is -0.339 e. The Morgan fingerprint density at radius 1 is 1.00 bits per heavy atom. The molecule has 1 aliphatic rings. The monoisotopic (exact) mass is 350 g/mol. The van der Waals surface area contributed by atoms with Crippen molar-refractivity contribution in [1.29, 1.82) is 0 Å². The Bertz CT molecular complexity index is 732. The molecule has 0 aromatic heterocycles. The number of piperidine rings is 1. The lowest BCUT2D eigenvalue weighted by Gasteiger charge is -2.32. The van der Waals surface area contributed by atoms with Crippen LogP contribution in [0.5, 0.6) is 0 Å². The highest BCUT2D eigenvalue weighted by Gasteiger charge is 2.23. The maximum absolute atomic E-state index is 12.7. The molecule has 3 rings (SSSR count). The van der Waals surface area contributed by atoms with Gasteiger partial charge in [0.1, 0.15) is 0 Å². The molecule has 2 aromatic carbocycles. The molecule has 1 aliphatic heterocycles. The molecule has 26 heavy (non-hydrogen) atoms. The molecule has 0 atom stereocenters. The van der Waals surface area contributed by atoms with Gasteiger partial charge in [-0.25, -0.2) is 0 Å². The summed E-state index contributed by atoms with van der Waals surface area (Å²) in [6.45, 7) is 3.43. The number of carbonyl (C=O) groups is 2. The molecule has 4 nitrogen and oxygen atoms in total. The number of likely N-dealkylation sites (tertiary alicyclic amines) is 1. The molecule has 1 saturated heterocycles. The summed E-state index contributed by atoms with van der Waals surface area (Å²) < 4.78 is 0. The summed E-state index contributed by atoms with van der Waals surface area (Å²) in [5, 5.41) is 2.80. The fourth-order valence-electron chi connectivity index (χ4n) is 3.42. The summed E-state index contributed by atoms with van der Waals surface area (Å²) in [6, 6.07) is 17.7. The predicted octanol–water partition coefficient (Wildman–Crippen LogP) is 4.13. The highest BCUT2D eigenvalue weighted by Crippen LogP contribution is 2.23. The Kier molecular flexibility index (Phi) is 6.05. The summed E-state index contributed by atoms with van der Waals surface area (Å²) in [5.74, 6) is 0.703. The quantitative estimate of drug-likeness (QED) is 0.881. The van der Waals surface area contributed by atoms with Gasteiger partial charge in [0.15, 0.2) is 0 Å². The average molecular weight is 350 g/mol. The van der Waals surface area contributed by atoms with E-state index in [9.17, 15) is 9.59 Å². The van der Waals surface area contributed by atoms with Gasteiger partial charge in [0.05, 0.1) is 0 Å². The van der Waals surface area contributed by atoms with Crippen molar-refractivity contribution >= 4 is 17.5 Å². The van der Waals surface area contributed by atoms with Gasteiger partial charge in [-0.05, 0) is 55.0 Å². The van der Waals surface area contributed by atoms with Crippen molar-refractivity contribution in [1.82, 2.24) is 4.90 Å². The normalized spacial score (nSPS) is 14.9. The van der Waals surface area contributed by atoms with Crippen LogP contribution in [-0.4, -0.2) is 29.8 Å². The van der Waals surface area contributed by atoms with Crippen LogP contribution in [0.3, 0.4) is 0 Å². The van der Waals surface area contributed by atoms with Crippen molar-refractivity contribution in [3.05, 3.63) is 65.7 Å². The fraction of sp³-hybridized carbons (Fsp3) is 0.364. The van der Waals surface area contributed by atoms with Gasteiger partial charge in [-0.1, -0.05) is 37.3 Å². The first-order valence-corrected chi connectivity index (χ1v) is 9.39. The van der Waals surface area contributed by atoms with Crippen LogP contribution in [0.25, 0.3) is 0 Å². The highest BCUT2D eigenvalue weighted by molar-refractivity contribution is 5.95. The van der Waals surface area contributed by atoms with Crippen molar-refractivity contribution in [2.24, 2.45) is 5.92 Å². The third-order valence-electron chi connectivity index (χ3n) is 5.01. The zero-order valence-electron chi connectivity index (χ0n) is 15.3. The van der Waals surface area contributed by atoms with E-state index in [1.54, 1.807) is 24.3 Å². The van der Waals surface area contributed by atoms with Crippen molar-refractivity contribution < 1.29 is 9.59 Å². The SMILES string of the molecule is CCC(=O)Nc1ccc(C(=O)N2CCC(Cc3ccccc3)CC2)cc1. The van der Waals surface area contributed by atoms with Gasteiger partial charge in [-0.3, -0.25) is 9.59 Å². The van der Waals surface area contributed by atoms with E-state index in [1.165, 1.54) is 5.56 Å². The Morgan fingerprint density at radius 2 is 1.65 bits per heavy atom. The standard InChI is InChI=1S/C22H26N2O2/c1-2-21(25)23-20-10-8-19(9-11-20)22(26)24-14-12-18(13-15-24)16-17-6-4-3-5-7-17/h3-11,18H,2,12-16H2,1H3,(H,23,25). The summed E-state index contributed by atoms with van der Waals surface area (Å²) in [5.41, 5.74) is 2.79. The minimum absolute atomic E-state index is 0.0236. The van der Waals surface area contributed by atoms with Gasteiger partial charge in [0, 0.05) is 30.8 Å². The van der Waals surface area contributed by atoms with Crippen LogP contribution < -0.4 is 5.32 Å². The van der Waals surface area contributed by atoms with Gasteiger partial charge in [0.25, 0.3) is 5.91 Å². The van der Waals surface area contributed by atoms with E-state index in [4.69, 9.17) is 0 Å². The molecule has 0 saturated carbocycles. The number of benzene rings is 2. The number of carbonyl (C=O) groups excluding carboxylic acids is 2. The van der Waals surface area contributed by atoms with Gasteiger partial charge >= 0.3 is 0 Å². The molecule has 4 heteroatoms. The number of hydrogen-bond donors (Lipinski definition) is 1. The van der Waals surface area contributed by atoms with Crippen LogP contribution in [0.1, 0.15) is 42.1 Å². The summed E-state index contributed by atoms with van der Waals surface area (Å²) >= 11 is 0. The molecule has 0 bridgehead atoms. The topological polar surface area (TPSA) is 49.4 Å². The second-order valence-electron chi connectivity index (χ2n) is 6.90. The number of nitrogens with zero attached hydrogens (tertiary/aromatic N) is 1. The zero-order valence-corrected chi connectivity index (χ0v) is 15.3. The zero-order chi connectivity index (χ0) is 18.4. The predicted molar refractivity (Wildman–Crippen MR) is 104 cm³/mol. The van der Waals surface area contributed by atoms with Crippen LogP contribution in [-0.2, 0) is 11.2 Å². The Labute approximate surface area is 155 Å². The van der Waals surface area contributed by atoms with E-state index in [0.29, 0.717) is 17.9 Å². The maximum Gasteiger partial charge on any atom is 0.253 e. The second-order valence-corrected chi connectivity index (χ2v) is 6.90. The molecule has 2 amide bonds. The van der Waals surface area contributed by atoms with Gasteiger partial charge in [-0.15, -0.1) is 0 Å². The number of anilines is 1. The third kappa shape index (κ3) is 4.72. The molecular weight excluding hydrogens is 324 g/mol. The van der Waals surface area contributed by atoms with Crippen LogP contribution >= 0.6 is 0 Å². The molecule has 2 aromatic rings. The van der Waals surface area contributed by atoms with E-state index in [2.05, 4.69) is 29.6 Å². The molecule has 0 spiro atoms. The van der Waals surface area contributed by atoms with Crippen LogP contribution in [0, 0.1) is 5.92 Å². The van der Waals surface area contributed by atoms with E-state index in [1.807, 2.05) is 17.9 Å². The summed E-state index contributed by atoms with van der Waals surface area (Å²) in [4.78, 5) is 26.1. The molecule has 1 N–H and O–H groups in total. The smallest absolute Gasteiger partial charge is 0.253 e. The van der Waals surface area contributed by atoms with Crippen LogP contribution in [0.4, 0.5) is 5.69 Å². The van der Waals surface area contributed by atoms with E-state index in [0.717, 1.165) is 38.0 Å². The first kappa shape index (κ1) is 18.2. The Morgan fingerprint density at radius 3 is 2.27 bits per heavy atom. The molecule has 0 radical (unpaired) electrons. The number of nitrogens with one attached hydrogen (secondary N) is 1. The largest absolute Gasteiger partial charge is 0.339 e. The van der Waals surface area contributed by atoms with Crippen molar-refractivity contribution in [3.8, 4) is 0 Å². The van der Waals surface area contributed by atoms with E-state index < -0.39 is 0 Å². The van der Waals surface area contributed by atoms with E-state index >= 15 is 0 Å². The first-order valence-electron chi connectivity index (χ1n) is 9.39. The lowest BCUT2D eigenvalue weighted by Crippen LogP contribution is -2.38. The lowest BCUT2D eigenvalue weighted by molar-refractivity contribution is -0.115. The van der Waals surface area contributed by atoms with E-state index in [-0.39, 0.29) is 11.8 Å². The molecule has 1 heterocycles. The summed E-state index contributed by atoms with van der Waals surface area (Å²) in [6.07, 6.45) is 3.63. The van der Waals surface area contributed by atoms with Crippen LogP contribution in [0.15, 0.2) is 54.6 Å². The molecule has 136 valence electrons. The van der Waals surface area contributed by atoms with Crippen molar-refractivity contribution in [3.63, 3.8) is 0 Å². The molecular formula is C22H26N2O2.